The minimum absolute atomic E-state index is 0.684. The lowest BCUT2D eigenvalue weighted by molar-refractivity contribution is 0.340. The van der Waals surface area contributed by atoms with Crippen LogP contribution in [0.4, 0.5) is 5.69 Å². The summed E-state index contributed by atoms with van der Waals surface area (Å²) in [6.45, 7) is 3.40. The smallest absolute Gasteiger partial charge is 0.162 e. The molecule has 4 heteroatoms. The zero-order valence-electron chi connectivity index (χ0n) is 12.7. The molecule has 0 aliphatic carbocycles. The first-order chi connectivity index (χ1) is 10.3. The molecule has 0 saturated heterocycles. The second kappa shape index (κ2) is 7.43. The van der Waals surface area contributed by atoms with Gasteiger partial charge in [0.25, 0.3) is 0 Å². The number of nitrogens with one attached hydrogen (secondary N) is 1. The molecule has 0 bridgehead atoms. The van der Waals surface area contributed by atoms with Gasteiger partial charge in [-0.1, -0.05) is 12.1 Å². The van der Waals surface area contributed by atoms with Crippen molar-refractivity contribution in [1.29, 1.82) is 0 Å². The molecule has 1 N–H and O–H groups in total. The van der Waals surface area contributed by atoms with Crippen LogP contribution in [0.5, 0.6) is 17.2 Å². The van der Waals surface area contributed by atoms with Gasteiger partial charge in [0.1, 0.15) is 5.75 Å². The Labute approximate surface area is 125 Å². The second-order valence-electron chi connectivity index (χ2n) is 4.50. The van der Waals surface area contributed by atoms with Crippen LogP contribution in [0.3, 0.4) is 0 Å². The summed E-state index contributed by atoms with van der Waals surface area (Å²) in [6, 6.07) is 13.9. The van der Waals surface area contributed by atoms with E-state index >= 15 is 0 Å². The van der Waals surface area contributed by atoms with Gasteiger partial charge in [-0.25, -0.2) is 0 Å². The molecule has 0 radical (unpaired) electrons. The van der Waals surface area contributed by atoms with Crippen LogP contribution in [0.2, 0.25) is 0 Å². The monoisotopic (exact) mass is 287 g/mol. The van der Waals surface area contributed by atoms with Gasteiger partial charge in [0.15, 0.2) is 11.5 Å². The summed E-state index contributed by atoms with van der Waals surface area (Å²) in [4.78, 5) is 0. The molecule has 0 aliphatic heterocycles. The van der Waals surface area contributed by atoms with E-state index in [1.165, 1.54) is 5.56 Å². The van der Waals surface area contributed by atoms with Crippen molar-refractivity contribution >= 4 is 5.69 Å². The lowest BCUT2D eigenvalue weighted by Gasteiger charge is -2.11. The quantitative estimate of drug-likeness (QED) is 0.842. The fourth-order valence-electron chi connectivity index (χ4n) is 2.02. The molecular formula is C17H21NO3. The molecular weight excluding hydrogens is 266 g/mol. The molecule has 0 amide bonds. The molecule has 0 spiro atoms. The topological polar surface area (TPSA) is 39.7 Å². The Hall–Kier alpha value is -2.36. The molecule has 0 aliphatic rings. The highest BCUT2D eigenvalue weighted by molar-refractivity contribution is 5.55. The normalized spacial score (nSPS) is 10.0. The Bertz CT molecular complexity index is 567. The van der Waals surface area contributed by atoms with Crippen molar-refractivity contribution in [3.05, 3.63) is 48.0 Å². The fourth-order valence-corrected chi connectivity index (χ4v) is 2.02. The van der Waals surface area contributed by atoms with Crippen LogP contribution < -0.4 is 19.5 Å². The van der Waals surface area contributed by atoms with Crippen LogP contribution >= 0.6 is 0 Å². The second-order valence-corrected chi connectivity index (χ2v) is 4.50. The Morgan fingerprint density at radius 2 is 1.62 bits per heavy atom. The number of ether oxygens (including phenoxy) is 3. The Balaban J connectivity index is 1.99. The summed E-state index contributed by atoms with van der Waals surface area (Å²) in [6.07, 6.45) is 0. The van der Waals surface area contributed by atoms with Crippen molar-refractivity contribution in [2.75, 3.05) is 26.1 Å². The van der Waals surface area contributed by atoms with E-state index in [9.17, 15) is 0 Å². The van der Waals surface area contributed by atoms with Crippen LogP contribution in [0.1, 0.15) is 12.5 Å². The first-order valence-corrected chi connectivity index (χ1v) is 6.94. The zero-order valence-corrected chi connectivity index (χ0v) is 12.7. The van der Waals surface area contributed by atoms with Crippen molar-refractivity contribution in [2.24, 2.45) is 0 Å². The number of anilines is 1. The van der Waals surface area contributed by atoms with E-state index in [4.69, 9.17) is 14.2 Å². The van der Waals surface area contributed by atoms with Crippen LogP contribution in [-0.2, 0) is 6.54 Å². The highest BCUT2D eigenvalue weighted by Gasteiger charge is 2.04. The van der Waals surface area contributed by atoms with Crippen LogP contribution in [0, 0.1) is 0 Å². The molecule has 2 rings (SSSR count). The predicted molar refractivity (Wildman–Crippen MR) is 84.5 cm³/mol. The lowest BCUT2D eigenvalue weighted by Crippen LogP contribution is -2.00. The van der Waals surface area contributed by atoms with E-state index in [0.717, 1.165) is 23.7 Å². The summed E-state index contributed by atoms with van der Waals surface area (Å²) in [7, 11) is 3.26. The van der Waals surface area contributed by atoms with Crippen molar-refractivity contribution in [1.82, 2.24) is 0 Å². The molecule has 0 fully saturated rings. The van der Waals surface area contributed by atoms with E-state index in [-0.39, 0.29) is 0 Å². The maximum Gasteiger partial charge on any atom is 0.162 e. The Kier molecular flexibility index (Phi) is 5.32. The number of rotatable bonds is 7. The Morgan fingerprint density at radius 1 is 0.905 bits per heavy atom. The third kappa shape index (κ3) is 4.05. The van der Waals surface area contributed by atoms with Gasteiger partial charge in [-0.15, -0.1) is 0 Å². The average Bonchev–Trinajstić information content (AvgIpc) is 2.54. The zero-order chi connectivity index (χ0) is 15.1. The van der Waals surface area contributed by atoms with Gasteiger partial charge in [-0.3, -0.25) is 0 Å². The molecule has 0 aromatic heterocycles. The standard InChI is InChI=1S/C17H21NO3/c1-4-21-15-8-5-13(6-9-15)12-18-14-7-10-16(19-2)17(11-14)20-3/h5-11,18H,4,12H2,1-3H3. The maximum absolute atomic E-state index is 5.43. The molecule has 0 heterocycles. The maximum atomic E-state index is 5.43. The molecule has 2 aromatic rings. The third-order valence-corrected chi connectivity index (χ3v) is 3.11. The summed E-state index contributed by atoms with van der Waals surface area (Å²) >= 11 is 0. The molecule has 112 valence electrons. The molecule has 0 saturated carbocycles. The molecule has 21 heavy (non-hydrogen) atoms. The summed E-state index contributed by atoms with van der Waals surface area (Å²) in [5.74, 6) is 2.34. The Morgan fingerprint density at radius 3 is 2.24 bits per heavy atom. The first kappa shape index (κ1) is 15.0. The van der Waals surface area contributed by atoms with E-state index in [0.29, 0.717) is 12.4 Å². The predicted octanol–water partition coefficient (Wildman–Crippen LogP) is 3.71. The van der Waals surface area contributed by atoms with Crippen LogP contribution in [0.15, 0.2) is 42.5 Å². The SMILES string of the molecule is CCOc1ccc(CNc2ccc(OC)c(OC)c2)cc1. The van der Waals surface area contributed by atoms with Gasteiger partial charge < -0.3 is 19.5 Å². The molecule has 0 unspecified atom stereocenters. The summed E-state index contributed by atoms with van der Waals surface area (Å²) in [5, 5.41) is 3.36. The van der Waals surface area contributed by atoms with Crippen molar-refractivity contribution in [3.8, 4) is 17.2 Å². The molecule has 2 aromatic carbocycles. The van der Waals surface area contributed by atoms with Gasteiger partial charge in [0, 0.05) is 18.3 Å². The third-order valence-electron chi connectivity index (χ3n) is 3.11. The van der Waals surface area contributed by atoms with Crippen molar-refractivity contribution in [2.45, 2.75) is 13.5 Å². The van der Waals surface area contributed by atoms with Gasteiger partial charge in [0.05, 0.1) is 20.8 Å². The largest absolute Gasteiger partial charge is 0.494 e. The van der Waals surface area contributed by atoms with E-state index in [2.05, 4.69) is 17.4 Å². The number of hydrogen-bond donors (Lipinski definition) is 1. The van der Waals surface area contributed by atoms with Crippen LogP contribution in [-0.4, -0.2) is 20.8 Å². The fraction of sp³-hybridized carbons (Fsp3) is 0.294. The molecule has 4 nitrogen and oxygen atoms in total. The minimum atomic E-state index is 0.684. The van der Waals surface area contributed by atoms with Gasteiger partial charge >= 0.3 is 0 Å². The van der Waals surface area contributed by atoms with Gasteiger partial charge in [0.2, 0.25) is 0 Å². The summed E-state index contributed by atoms with van der Waals surface area (Å²) in [5.41, 5.74) is 2.18. The van der Waals surface area contributed by atoms with Crippen molar-refractivity contribution < 1.29 is 14.2 Å². The number of hydrogen-bond acceptors (Lipinski definition) is 4. The highest BCUT2D eigenvalue weighted by atomic mass is 16.5. The van der Waals surface area contributed by atoms with E-state index in [1.54, 1.807) is 14.2 Å². The highest BCUT2D eigenvalue weighted by Crippen LogP contribution is 2.29. The first-order valence-electron chi connectivity index (χ1n) is 6.94. The number of benzene rings is 2. The number of methoxy groups -OCH3 is 2. The minimum Gasteiger partial charge on any atom is -0.494 e. The van der Waals surface area contributed by atoms with E-state index < -0.39 is 0 Å². The van der Waals surface area contributed by atoms with Crippen LogP contribution in [0.25, 0.3) is 0 Å². The van der Waals surface area contributed by atoms with Crippen molar-refractivity contribution in [3.63, 3.8) is 0 Å². The average molecular weight is 287 g/mol. The van der Waals surface area contributed by atoms with Gasteiger partial charge in [-0.05, 0) is 36.8 Å². The molecule has 0 atom stereocenters. The summed E-state index contributed by atoms with van der Waals surface area (Å²) < 4.78 is 15.9. The van der Waals surface area contributed by atoms with Gasteiger partial charge in [-0.2, -0.15) is 0 Å². The van der Waals surface area contributed by atoms with E-state index in [1.807, 2.05) is 37.3 Å². The lowest BCUT2D eigenvalue weighted by atomic mass is 10.2.